The molecule has 2 rings (SSSR count). The van der Waals surface area contributed by atoms with E-state index in [1.807, 2.05) is 42.2 Å². The van der Waals surface area contributed by atoms with Gasteiger partial charge in [0.05, 0.1) is 6.54 Å². The number of benzene rings is 1. The summed E-state index contributed by atoms with van der Waals surface area (Å²) in [6.07, 6.45) is 1.18. The molecule has 8 heteroatoms. The molecule has 0 unspecified atom stereocenters. The molecule has 0 aromatic heterocycles. The Morgan fingerprint density at radius 1 is 0.893 bits per heavy atom. The normalized spacial score (nSPS) is 14.4. The molecule has 0 atom stereocenters. The first-order valence-corrected chi connectivity index (χ1v) is 9.91. The second-order valence-corrected chi connectivity index (χ2v) is 6.86. The van der Waals surface area contributed by atoms with Gasteiger partial charge in [-0.15, -0.1) is 0 Å². The monoisotopic (exact) mass is 389 g/mol. The first-order valence-electron chi connectivity index (χ1n) is 9.91. The number of nitrogens with one attached hydrogen (secondary N) is 3. The predicted molar refractivity (Wildman–Crippen MR) is 108 cm³/mol. The zero-order valence-electron chi connectivity index (χ0n) is 16.6. The predicted octanol–water partition coefficient (Wildman–Crippen LogP) is 0.546. The van der Waals surface area contributed by atoms with Gasteiger partial charge in [0.25, 0.3) is 0 Å². The van der Waals surface area contributed by atoms with Gasteiger partial charge in [0, 0.05) is 52.2 Å². The van der Waals surface area contributed by atoms with Crippen LogP contribution in [0.1, 0.15) is 25.3 Å². The van der Waals surface area contributed by atoms with Crippen molar-refractivity contribution in [1.29, 1.82) is 0 Å². The molecule has 0 aliphatic carbocycles. The molecule has 1 aliphatic heterocycles. The summed E-state index contributed by atoms with van der Waals surface area (Å²) in [5.41, 5.74) is 1.07. The third kappa shape index (κ3) is 7.96. The molecule has 1 fully saturated rings. The Labute approximate surface area is 166 Å². The molecule has 0 spiro atoms. The molecule has 1 heterocycles. The molecule has 3 N–H and O–H groups in total. The molecule has 1 aromatic carbocycles. The van der Waals surface area contributed by atoms with Crippen molar-refractivity contribution in [2.75, 3.05) is 45.8 Å². The molecule has 4 amide bonds. The van der Waals surface area contributed by atoms with E-state index in [2.05, 4.69) is 16.0 Å². The van der Waals surface area contributed by atoms with Crippen molar-refractivity contribution in [3.8, 4) is 0 Å². The Balaban J connectivity index is 1.59. The van der Waals surface area contributed by atoms with E-state index in [-0.39, 0.29) is 24.3 Å². The average Bonchev–Trinajstić information content (AvgIpc) is 2.72. The molecule has 0 bridgehead atoms. The van der Waals surface area contributed by atoms with Crippen molar-refractivity contribution in [1.82, 2.24) is 25.8 Å². The van der Waals surface area contributed by atoms with Gasteiger partial charge in [-0.1, -0.05) is 37.3 Å². The largest absolute Gasteiger partial charge is 0.356 e. The quantitative estimate of drug-likeness (QED) is 0.575. The van der Waals surface area contributed by atoms with Crippen LogP contribution in [0.3, 0.4) is 0 Å². The van der Waals surface area contributed by atoms with Crippen LogP contribution in [0.25, 0.3) is 0 Å². The fourth-order valence-electron chi connectivity index (χ4n) is 2.91. The Bertz CT molecular complexity index is 630. The maximum Gasteiger partial charge on any atom is 0.317 e. The van der Waals surface area contributed by atoms with E-state index in [1.165, 1.54) is 0 Å². The van der Waals surface area contributed by atoms with Crippen molar-refractivity contribution in [3.05, 3.63) is 35.9 Å². The third-order valence-corrected chi connectivity index (χ3v) is 4.56. The van der Waals surface area contributed by atoms with Crippen molar-refractivity contribution in [2.45, 2.75) is 26.3 Å². The molecule has 1 saturated heterocycles. The minimum atomic E-state index is -0.156. The summed E-state index contributed by atoms with van der Waals surface area (Å²) in [5, 5.41) is 8.49. The van der Waals surface area contributed by atoms with Crippen LogP contribution in [0.15, 0.2) is 30.3 Å². The van der Waals surface area contributed by atoms with Crippen LogP contribution in [0.4, 0.5) is 4.79 Å². The fraction of sp³-hybridized carbons (Fsp3) is 0.550. The maximum atomic E-state index is 12.2. The fourth-order valence-corrected chi connectivity index (χ4v) is 2.91. The van der Waals surface area contributed by atoms with Gasteiger partial charge in [-0.05, 0) is 12.0 Å². The van der Waals surface area contributed by atoms with Gasteiger partial charge in [0.2, 0.25) is 11.8 Å². The van der Waals surface area contributed by atoms with E-state index in [1.54, 1.807) is 4.90 Å². The highest BCUT2D eigenvalue weighted by Gasteiger charge is 2.22. The summed E-state index contributed by atoms with van der Waals surface area (Å²) in [4.78, 5) is 39.6. The molecule has 1 aromatic rings. The van der Waals surface area contributed by atoms with Gasteiger partial charge in [0.1, 0.15) is 0 Å². The van der Waals surface area contributed by atoms with Gasteiger partial charge < -0.3 is 20.9 Å². The molecule has 0 radical (unpaired) electrons. The standard InChI is InChI=1S/C20H31N5O3/c1-2-9-21-18(26)8-10-22-20(28)25-13-11-24(12-14-25)16-19(27)23-15-17-6-4-3-5-7-17/h3-7H,2,8-16H2,1H3,(H,21,26)(H,22,28)(H,23,27). The van der Waals surface area contributed by atoms with Crippen molar-refractivity contribution >= 4 is 17.8 Å². The van der Waals surface area contributed by atoms with Crippen molar-refractivity contribution in [2.24, 2.45) is 0 Å². The lowest BCUT2D eigenvalue weighted by molar-refractivity contribution is -0.123. The first kappa shape index (κ1) is 21.7. The highest BCUT2D eigenvalue weighted by Crippen LogP contribution is 2.02. The van der Waals surface area contributed by atoms with Crippen molar-refractivity contribution < 1.29 is 14.4 Å². The van der Waals surface area contributed by atoms with Crippen LogP contribution in [0, 0.1) is 0 Å². The third-order valence-electron chi connectivity index (χ3n) is 4.56. The van der Waals surface area contributed by atoms with Crippen LogP contribution in [0.2, 0.25) is 0 Å². The number of rotatable bonds is 9. The Kier molecular flexibility index (Phi) is 9.27. The summed E-state index contributed by atoms with van der Waals surface area (Å²) in [7, 11) is 0. The van der Waals surface area contributed by atoms with Gasteiger partial charge >= 0.3 is 6.03 Å². The van der Waals surface area contributed by atoms with Crippen LogP contribution in [0.5, 0.6) is 0 Å². The van der Waals surface area contributed by atoms with Crippen LogP contribution < -0.4 is 16.0 Å². The second-order valence-electron chi connectivity index (χ2n) is 6.86. The van der Waals surface area contributed by atoms with Crippen LogP contribution in [-0.4, -0.2) is 73.5 Å². The first-order chi connectivity index (χ1) is 13.6. The summed E-state index contributed by atoms with van der Waals surface area (Å²) in [5.74, 6) is -0.0617. The topological polar surface area (TPSA) is 93.8 Å². The number of urea groups is 1. The van der Waals surface area contributed by atoms with E-state index in [4.69, 9.17) is 0 Å². The SMILES string of the molecule is CCCNC(=O)CCNC(=O)N1CCN(CC(=O)NCc2ccccc2)CC1. The summed E-state index contributed by atoms with van der Waals surface area (Å²) in [6.45, 7) is 6.29. The lowest BCUT2D eigenvalue weighted by Crippen LogP contribution is -2.53. The zero-order chi connectivity index (χ0) is 20.2. The number of nitrogens with zero attached hydrogens (tertiary/aromatic N) is 2. The summed E-state index contributed by atoms with van der Waals surface area (Å²) >= 11 is 0. The van der Waals surface area contributed by atoms with Crippen LogP contribution in [-0.2, 0) is 16.1 Å². The minimum Gasteiger partial charge on any atom is -0.356 e. The molecule has 154 valence electrons. The molecular weight excluding hydrogens is 358 g/mol. The van der Waals surface area contributed by atoms with Gasteiger partial charge in [0.15, 0.2) is 0 Å². The number of carbonyl (C=O) groups excluding carboxylic acids is 3. The van der Waals surface area contributed by atoms with Gasteiger partial charge in [-0.25, -0.2) is 4.79 Å². The number of carbonyl (C=O) groups is 3. The van der Waals surface area contributed by atoms with E-state index in [0.29, 0.717) is 52.4 Å². The van der Waals surface area contributed by atoms with Gasteiger partial charge in [-0.3, -0.25) is 14.5 Å². The lowest BCUT2D eigenvalue weighted by Gasteiger charge is -2.34. The number of amides is 4. The Morgan fingerprint density at radius 2 is 1.61 bits per heavy atom. The number of hydrogen-bond acceptors (Lipinski definition) is 4. The smallest absolute Gasteiger partial charge is 0.317 e. The Hall–Kier alpha value is -2.61. The Morgan fingerprint density at radius 3 is 2.29 bits per heavy atom. The van der Waals surface area contributed by atoms with Crippen molar-refractivity contribution in [3.63, 3.8) is 0 Å². The lowest BCUT2D eigenvalue weighted by atomic mass is 10.2. The second kappa shape index (κ2) is 12.0. The van der Waals surface area contributed by atoms with E-state index < -0.39 is 0 Å². The highest BCUT2D eigenvalue weighted by atomic mass is 16.2. The molecule has 0 saturated carbocycles. The van der Waals surface area contributed by atoms with E-state index in [0.717, 1.165) is 12.0 Å². The van der Waals surface area contributed by atoms with Gasteiger partial charge in [-0.2, -0.15) is 0 Å². The molecule has 1 aliphatic rings. The zero-order valence-corrected chi connectivity index (χ0v) is 16.6. The van der Waals surface area contributed by atoms with E-state index >= 15 is 0 Å². The van der Waals surface area contributed by atoms with E-state index in [9.17, 15) is 14.4 Å². The number of hydrogen-bond donors (Lipinski definition) is 3. The number of piperazine rings is 1. The highest BCUT2D eigenvalue weighted by molar-refractivity contribution is 5.79. The molecular formula is C20H31N5O3. The summed E-state index contributed by atoms with van der Waals surface area (Å²) in [6, 6.07) is 9.64. The average molecular weight is 390 g/mol. The molecule has 8 nitrogen and oxygen atoms in total. The molecule has 28 heavy (non-hydrogen) atoms. The summed E-state index contributed by atoms with van der Waals surface area (Å²) < 4.78 is 0. The maximum absolute atomic E-state index is 12.2. The van der Waals surface area contributed by atoms with Crippen LogP contribution >= 0.6 is 0 Å². The minimum absolute atomic E-state index is 0.0140.